The topological polar surface area (TPSA) is 116 Å². The van der Waals surface area contributed by atoms with Crippen molar-refractivity contribution < 1.29 is 4.74 Å². The molecule has 116 valence electrons. The van der Waals surface area contributed by atoms with Gasteiger partial charge in [-0.05, 0) is 24.1 Å². The van der Waals surface area contributed by atoms with Crippen molar-refractivity contribution in [3.8, 4) is 29.0 Å². The molecule has 0 spiro atoms. The van der Waals surface area contributed by atoms with Gasteiger partial charge < -0.3 is 15.5 Å². The molecule has 7 heteroatoms. The molecule has 3 N–H and O–H groups in total. The summed E-state index contributed by atoms with van der Waals surface area (Å²) >= 11 is 5.58. The summed E-state index contributed by atoms with van der Waals surface area (Å²) in [7, 11) is 0. The summed E-state index contributed by atoms with van der Waals surface area (Å²) in [5.74, 6) is 1.09. The van der Waals surface area contributed by atoms with Crippen LogP contribution < -0.4 is 16.0 Å². The number of nitrogen functional groups attached to an aromatic ring is 1. The first kappa shape index (κ1) is 16.4. The molecule has 0 bridgehead atoms. The molecule has 0 saturated heterocycles. The molecule has 0 saturated carbocycles. The number of hydrogen-bond donors (Lipinski definition) is 2. The van der Waals surface area contributed by atoms with E-state index in [1.54, 1.807) is 24.3 Å². The van der Waals surface area contributed by atoms with Gasteiger partial charge in [0.2, 0.25) is 0 Å². The third kappa shape index (κ3) is 3.45. The SMILES string of the molecule is N#Cc1c(N)[nH]c(=O)c(C#N)c1-c1ccc(OCCCCl)cc1. The maximum atomic E-state index is 11.9. The molecule has 1 aromatic heterocycles. The van der Waals surface area contributed by atoms with E-state index in [4.69, 9.17) is 22.1 Å². The predicted molar refractivity (Wildman–Crippen MR) is 87.2 cm³/mol. The van der Waals surface area contributed by atoms with E-state index in [9.17, 15) is 15.3 Å². The first-order valence-electron chi connectivity index (χ1n) is 6.77. The number of aromatic nitrogens is 1. The highest BCUT2D eigenvalue weighted by Gasteiger charge is 2.17. The zero-order chi connectivity index (χ0) is 16.8. The molecule has 0 aliphatic rings. The van der Waals surface area contributed by atoms with Gasteiger partial charge in [0.05, 0.1) is 6.61 Å². The van der Waals surface area contributed by atoms with E-state index in [0.29, 0.717) is 23.8 Å². The van der Waals surface area contributed by atoms with Crippen LogP contribution in [0.3, 0.4) is 0 Å². The van der Waals surface area contributed by atoms with Gasteiger partial charge in [-0.15, -0.1) is 11.6 Å². The Balaban J connectivity index is 2.48. The second kappa shape index (κ2) is 7.35. The van der Waals surface area contributed by atoms with E-state index in [0.717, 1.165) is 6.42 Å². The van der Waals surface area contributed by atoms with E-state index in [2.05, 4.69) is 4.98 Å². The number of pyridine rings is 1. The van der Waals surface area contributed by atoms with Crippen LogP contribution in [-0.2, 0) is 0 Å². The number of ether oxygens (including phenoxy) is 1. The van der Waals surface area contributed by atoms with Crippen LogP contribution in [0.1, 0.15) is 17.5 Å². The van der Waals surface area contributed by atoms with Crippen molar-refractivity contribution in [2.24, 2.45) is 0 Å². The van der Waals surface area contributed by atoms with E-state index in [-0.39, 0.29) is 22.5 Å². The van der Waals surface area contributed by atoms with Crippen LogP contribution in [0.25, 0.3) is 11.1 Å². The number of nitrogens with one attached hydrogen (secondary N) is 1. The van der Waals surface area contributed by atoms with Gasteiger partial charge in [-0.1, -0.05) is 12.1 Å². The van der Waals surface area contributed by atoms with E-state index >= 15 is 0 Å². The molecule has 0 amide bonds. The normalized spacial score (nSPS) is 9.87. The van der Waals surface area contributed by atoms with Gasteiger partial charge in [0.15, 0.2) is 0 Å². The number of nitrogens with zero attached hydrogens (tertiary/aromatic N) is 2. The summed E-state index contributed by atoms with van der Waals surface area (Å²) in [5.41, 5.74) is 5.74. The minimum atomic E-state index is -0.624. The fourth-order valence-electron chi connectivity index (χ4n) is 2.09. The summed E-state index contributed by atoms with van der Waals surface area (Å²) in [4.78, 5) is 14.2. The predicted octanol–water partition coefficient (Wildman–Crippen LogP) is 2.38. The summed E-state index contributed by atoms with van der Waals surface area (Å²) in [6.07, 6.45) is 0.727. The van der Waals surface area contributed by atoms with Gasteiger partial charge in [0.25, 0.3) is 5.56 Å². The Bertz CT molecular complexity index is 845. The van der Waals surface area contributed by atoms with Crippen LogP contribution in [0.5, 0.6) is 5.75 Å². The van der Waals surface area contributed by atoms with Crippen molar-refractivity contribution >= 4 is 17.4 Å². The average Bonchev–Trinajstić information content (AvgIpc) is 2.55. The van der Waals surface area contributed by atoms with Gasteiger partial charge in [-0.2, -0.15) is 10.5 Å². The maximum Gasteiger partial charge on any atom is 0.268 e. The number of nitriles is 2. The van der Waals surface area contributed by atoms with Gasteiger partial charge in [-0.25, -0.2) is 0 Å². The molecule has 0 radical (unpaired) electrons. The Morgan fingerprint density at radius 1 is 1.17 bits per heavy atom. The summed E-state index contributed by atoms with van der Waals surface area (Å²) in [6.45, 7) is 0.494. The minimum Gasteiger partial charge on any atom is -0.494 e. The zero-order valence-corrected chi connectivity index (χ0v) is 12.9. The molecular weight excluding hydrogens is 316 g/mol. The van der Waals surface area contributed by atoms with Crippen LogP contribution >= 0.6 is 11.6 Å². The van der Waals surface area contributed by atoms with Crippen molar-refractivity contribution in [2.75, 3.05) is 18.2 Å². The van der Waals surface area contributed by atoms with Crippen molar-refractivity contribution in [1.29, 1.82) is 10.5 Å². The number of nitrogens with two attached hydrogens (primary N) is 1. The van der Waals surface area contributed by atoms with Crippen molar-refractivity contribution in [1.82, 2.24) is 4.98 Å². The van der Waals surface area contributed by atoms with Crippen molar-refractivity contribution in [3.63, 3.8) is 0 Å². The fourth-order valence-corrected chi connectivity index (χ4v) is 2.20. The second-order valence-electron chi connectivity index (χ2n) is 4.63. The van der Waals surface area contributed by atoms with E-state index in [1.807, 2.05) is 12.1 Å². The molecule has 1 aromatic carbocycles. The first-order chi connectivity index (χ1) is 11.1. The molecule has 0 aliphatic carbocycles. The minimum absolute atomic E-state index is 0.0612. The summed E-state index contributed by atoms with van der Waals surface area (Å²) < 4.78 is 5.49. The smallest absolute Gasteiger partial charge is 0.268 e. The van der Waals surface area contributed by atoms with Crippen LogP contribution in [-0.4, -0.2) is 17.5 Å². The molecule has 23 heavy (non-hydrogen) atoms. The molecule has 0 atom stereocenters. The number of benzene rings is 1. The largest absolute Gasteiger partial charge is 0.494 e. The molecule has 6 nitrogen and oxygen atoms in total. The molecule has 1 heterocycles. The summed E-state index contributed by atoms with van der Waals surface area (Å²) in [5, 5.41) is 18.5. The van der Waals surface area contributed by atoms with Gasteiger partial charge in [0, 0.05) is 11.4 Å². The van der Waals surface area contributed by atoms with Crippen LogP contribution in [0.2, 0.25) is 0 Å². The number of hydrogen-bond acceptors (Lipinski definition) is 5. The first-order valence-corrected chi connectivity index (χ1v) is 7.31. The maximum absolute atomic E-state index is 11.9. The van der Waals surface area contributed by atoms with Crippen molar-refractivity contribution in [2.45, 2.75) is 6.42 Å². The second-order valence-corrected chi connectivity index (χ2v) is 5.01. The number of alkyl halides is 1. The quantitative estimate of drug-likeness (QED) is 0.645. The molecule has 0 fully saturated rings. The number of rotatable bonds is 5. The van der Waals surface area contributed by atoms with Crippen molar-refractivity contribution in [3.05, 3.63) is 45.7 Å². The monoisotopic (exact) mass is 328 g/mol. The molecule has 0 aliphatic heterocycles. The number of halogens is 1. The Hall–Kier alpha value is -2.96. The average molecular weight is 329 g/mol. The van der Waals surface area contributed by atoms with Gasteiger partial charge in [0.1, 0.15) is 34.8 Å². The van der Waals surface area contributed by atoms with Crippen LogP contribution in [0.4, 0.5) is 5.82 Å². The number of aromatic amines is 1. The number of H-pyrrole nitrogens is 1. The third-order valence-corrected chi connectivity index (χ3v) is 3.43. The fraction of sp³-hybridized carbons (Fsp3) is 0.188. The van der Waals surface area contributed by atoms with Gasteiger partial charge in [-0.3, -0.25) is 4.79 Å². The Labute approximate surface area is 137 Å². The zero-order valence-electron chi connectivity index (χ0n) is 12.1. The Morgan fingerprint density at radius 3 is 2.39 bits per heavy atom. The number of anilines is 1. The molecule has 2 rings (SSSR count). The highest BCUT2D eigenvalue weighted by Crippen LogP contribution is 2.29. The van der Waals surface area contributed by atoms with Crippen LogP contribution in [0, 0.1) is 22.7 Å². The van der Waals surface area contributed by atoms with Crippen LogP contribution in [0.15, 0.2) is 29.1 Å². The highest BCUT2D eigenvalue weighted by atomic mass is 35.5. The third-order valence-electron chi connectivity index (χ3n) is 3.16. The highest BCUT2D eigenvalue weighted by molar-refractivity contribution is 6.17. The Kier molecular flexibility index (Phi) is 5.24. The molecule has 2 aromatic rings. The van der Waals surface area contributed by atoms with Gasteiger partial charge >= 0.3 is 0 Å². The van der Waals surface area contributed by atoms with E-state index in [1.165, 1.54) is 0 Å². The lowest BCUT2D eigenvalue weighted by molar-refractivity contribution is 0.318. The summed E-state index contributed by atoms with van der Waals surface area (Å²) in [6, 6.07) is 10.5. The standard InChI is InChI=1S/C16H13ClN4O2/c17-6-1-7-23-11-4-2-10(3-5-11)14-12(8-18)15(20)21-16(22)13(14)9-19/h2-5H,1,6-7H2,(H3,20,21,22). The lowest BCUT2D eigenvalue weighted by Crippen LogP contribution is -2.16. The lowest BCUT2D eigenvalue weighted by atomic mass is 9.97. The van der Waals surface area contributed by atoms with E-state index < -0.39 is 5.56 Å². The lowest BCUT2D eigenvalue weighted by Gasteiger charge is -2.10. The Morgan fingerprint density at radius 2 is 1.83 bits per heavy atom. The molecular formula is C16H13ClN4O2. The molecule has 0 unspecified atom stereocenters.